The maximum atomic E-state index is 11.5. The van der Waals surface area contributed by atoms with Crippen molar-refractivity contribution in [2.24, 2.45) is 0 Å². The fraction of sp³-hybridized carbons (Fsp3) is 0.333. The van der Waals surface area contributed by atoms with E-state index in [1.54, 1.807) is 6.20 Å². The number of pyridine rings is 1. The second-order valence-electron chi connectivity index (χ2n) is 5.18. The van der Waals surface area contributed by atoms with Crippen LogP contribution >= 0.6 is 0 Å². The molecule has 0 atom stereocenters. The van der Waals surface area contributed by atoms with Gasteiger partial charge in [-0.3, -0.25) is 9.67 Å². The Morgan fingerprint density at radius 3 is 2.67 bits per heavy atom. The van der Waals surface area contributed by atoms with Crippen molar-refractivity contribution in [2.45, 2.75) is 19.9 Å². The van der Waals surface area contributed by atoms with Crippen molar-refractivity contribution in [2.75, 3.05) is 12.0 Å². The quantitative estimate of drug-likeness (QED) is 0.741. The van der Waals surface area contributed by atoms with Crippen molar-refractivity contribution < 1.29 is 8.42 Å². The molecular formula is C15H17N3O2S. The second-order valence-corrected chi connectivity index (χ2v) is 7.44. The lowest BCUT2D eigenvalue weighted by atomic mass is 10.1. The third kappa shape index (κ3) is 2.63. The van der Waals surface area contributed by atoms with Crippen LogP contribution in [0.2, 0.25) is 0 Å². The van der Waals surface area contributed by atoms with E-state index in [0.29, 0.717) is 13.0 Å². The molecule has 0 aliphatic rings. The minimum absolute atomic E-state index is 0.129. The fourth-order valence-corrected chi connectivity index (χ4v) is 3.19. The number of aryl methyl sites for hydroxylation is 2. The molecule has 110 valence electrons. The molecule has 3 aromatic rings. The lowest BCUT2D eigenvalue weighted by molar-refractivity contribution is 0.596. The van der Waals surface area contributed by atoms with Gasteiger partial charge in [0.15, 0.2) is 0 Å². The average Bonchev–Trinajstić information content (AvgIpc) is 2.82. The van der Waals surface area contributed by atoms with Gasteiger partial charge in [0.2, 0.25) is 0 Å². The van der Waals surface area contributed by atoms with Crippen LogP contribution in [0.5, 0.6) is 0 Å². The summed E-state index contributed by atoms with van der Waals surface area (Å²) in [7, 11) is -3.00. The van der Waals surface area contributed by atoms with E-state index in [1.807, 2.05) is 35.9 Å². The summed E-state index contributed by atoms with van der Waals surface area (Å²) in [6, 6.07) is 7.88. The minimum Gasteiger partial charge on any atom is -0.269 e. The average molecular weight is 303 g/mol. The number of hydrogen-bond donors (Lipinski definition) is 0. The highest BCUT2D eigenvalue weighted by Crippen LogP contribution is 2.27. The smallest absolute Gasteiger partial charge is 0.147 e. The van der Waals surface area contributed by atoms with Gasteiger partial charge in [-0.05, 0) is 13.0 Å². The first kappa shape index (κ1) is 14.0. The fourth-order valence-electron chi connectivity index (χ4n) is 2.63. The number of benzene rings is 1. The summed E-state index contributed by atoms with van der Waals surface area (Å²) >= 11 is 0. The molecule has 1 aromatic carbocycles. The molecule has 0 fully saturated rings. The van der Waals surface area contributed by atoms with Gasteiger partial charge in [0.05, 0.1) is 17.5 Å². The van der Waals surface area contributed by atoms with Crippen molar-refractivity contribution in [3.63, 3.8) is 0 Å². The van der Waals surface area contributed by atoms with Crippen LogP contribution in [0, 0.1) is 0 Å². The topological polar surface area (TPSA) is 64.8 Å². The number of para-hydroxylation sites is 1. The Hall–Kier alpha value is -1.95. The Labute approximate surface area is 123 Å². The van der Waals surface area contributed by atoms with Gasteiger partial charge in [0, 0.05) is 35.7 Å². The van der Waals surface area contributed by atoms with E-state index in [0.717, 1.165) is 27.5 Å². The molecule has 0 bridgehead atoms. The third-order valence-electron chi connectivity index (χ3n) is 3.59. The molecule has 21 heavy (non-hydrogen) atoms. The second kappa shape index (κ2) is 5.11. The largest absolute Gasteiger partial charge is 0.269 e. The van der Waals surface area contributed by atoms with Crippen LogP contribution < -0.4 is 0 Å². The first-order valence-corrected chi connectivity index (χ1v) is 8.96. The number of aromatic nitrogens is 3. The standard InChI is InChI=1S/C15H17N3O2S/c1-3-18-14(8-9-21(2,19)20)15-11-6-4-5-7-12(11)16-10-13(15)17-18/h4-7,10H,3,8-9H2,1-2H3. The molecule has 2 heterocycles. The molecule has 5 nitrogen and oxygen atoms in total. The molecule has 6 heteroatoms. The van der Waals surface area contributed by atoms with Crippen molar-refractivity contribution in [1.29, 1.82) is 0 Å². The number of fused-ring (bicyclic) bond motifs is 3. The van der Waals surface area contributed by atoms with E-state index in [2.05, 4.69) is 10.1 Å². The SMILES string of the molecule is CCn1nc2cnc3ccccc3c2c1CCS(C)(=O)=O. The Kier molecular flexibility index (Phi) is 3.41. The summed E-state index contributed by atoms with van der Waals surface area (Å²) in [5.41, 5.74) is 2.69. The first-order valence-electron chi connectivity index (χ1n) is 6.90. The zero-order valence-electron chi connectivity index (χ0n) is 12.1. The molecule has 0 saturated heterocycles. The van der Waals surface area contributed by atoms with E-state index < -0.39 is 9.84 Å². The monoisotopic (exact) mass is 303 g/mol. The highest BCUT2D eigenvalue weighted by Gasteiger charge is 2.15. The predicted octanol–water partition coefficient (Wildman–Crippen LogP) is 2.19. The van der Waals surface area contributed by atoms with Gasteiger partial charge < -0.3 is 0 Å². The minimum atomic E-state index is -3.00. The molecule has 0 aliphatic carbocycles. The van der Waals surface area contributed by atoms with Crippen molar-refractivity contribution in [3.05, 3.63) is 36.2 Å². The molecule has 0 amide bonds. The van der Waals surface area contributed by atoms with E-state index in [-0.39, 0.29) is 5.75 Å². The van der Waals surface area contributed by atoms with Gasteiger partial charge in [-0.25, -0.2) is 8.42 Å². The van der Waals surface area contributed by atoms with Crippen molar-refractivity contribution in [3.8, 4) is 0 Å². The van der Waals surface area contributed by atoms with Crippen LogP contribution in [0.25, 0.3) is 21.8 Å². The lowest BCUT2D eigenvalue weighted by Crippen LogP contribution is -2.10. The van der Waals surface area contributed by atoms with E-state index in [4.69, 9.17) is 0 Å². The van der Waals surface area contributed by atoms with Gasteiger partial charge in [-0.15, -0.1) is 0 Å². The Morgan fingerprint density at radius 1 is 1.19 bits per heavy atom. The summed E-state index contributed by atoms with van der Waals surface area (Å²) in [4.78, 5) is 4.41. The summed E-state index contributed by atoms with van der Waals surface area (Å²) < 4.78 is 24.8. The van der Waals surface area contributed by atoms with Crippen molar-refractivity contribution in [1.82, 2.24) is 14.8 Å². The van der Waals surface area contributed by atoms with E-state index in [9.17, 15) is 8.42 Å². The summed E-state index contributed by atoms with van der Waals surface area (Å²) in [5, 5.41) is 6.59. The van der Waals surface area contributed by atoms with Gasteiger partial charge in [0.25, 0.3) is 0 Å². The normalized spacial score (nSPS) is 12.3. The van der Waals surface area contributed by atoms with Crippen LogP contribution in [-0.2, 0) is 22.8 Å². The number of sulfone groups is 1. The van der Waals surface area contributed by atoms with E-state index in [1.165, 1.54) is 6.26 Å². The van der Waals surface area contributed by atoms with Crippen LogP contribution in [0.15, 0.2) is 30.5 Å². The van der Waals surface area contributed by atoms with Gasteiger partial charge in [-0.1, -0.05) is 18.2 Å². The lowest BCUT2D eigenvalue weighted by Gasteiger charge is -2.05. The van der Waals surface area contributed by atoms with Crippen LogP contribution in [-0.4, -0.2) is 35.2 Å². The van der Waals surface area contributed by atoms with Crippen LogP contribution in [0.3, 0.4) is 0 Å². The first-order chi connectivity index (χ1) is 9.99. The molecular weight excluding hydrogens is 286 g/mol. The Morgan fingerprint density at radius 2 is 1.95 bits per heavy atom. The molecule has 0 radical (unpaired) electrons. The number of rotatable bonds is 4. The molecule has 0 unspecified atom stereocenters. The summed E-state index contributed by atoms with van der Waals surface area (Å²) in [6.45, 7) is 2.72. The zero-order chi connectivity index (χ0) is 15.0. The highest BCUT2D eigenvalue weighted by atomic mass is 32.2. The molecule has 2 aromatic heterocycles. The maximum absolute atomic E-state index is 11.5. The summed E-state index contributed by atoms with van der Waals surface area (Å²) in [5.74, 6) is 0.129. The Balaban J connectivity index is 2.26. The predicted molar refractivity (Wildman–Crippen MR) is 84.1 cm³/mol. The number of nitrogens with zero attached hydrogens (tertiary/aromatic N) is 3. The van der Waals surface area contributed by atoms with Gasteiger partial charge >= 0.3 is 0 Å². The van der Waals surface area contributed by atoms with Crippen LogP contribution in [0.1, 0.15) is 12.6 Å². The third-order valence-corrected chi connectivity index (χ3v) is 4.54. The zero-order valence-corrected chi connectivity index (χ0v) is 12.9. The van der Waals surface area contributed by atoms with Gasteiger partial charge in [0.1, 0.15) is 15.4 Å². The molecule has 0 N–H and O–H groups in total. The maximum Gasteiger partial charge on any atom is 0.147 e. The van der Waals surface area contributed by atoms with Crippen LogP contribution in [0.4, 0.5) is 0 Å². The molecule has 0 saturated carbocycles. The number of hydrogen-bond acceptors (Lipinski definition) is 4. The molecule has 0 spiro atoms. The molecule has 0 aliphatic heterocycles. The van der Waals surface area contributed by atoms with E-state index >= 15 is 0 Å². The Bertz CT molecular complexity index is 913. The molecule has 3 rings (SSSR count). The van der Waals surface area contributed by atoms with Crippen molar-refractivity contribution >= 4 is 31.6 Å². The van der Waals surface area contributed by atoms with Gasteiger partial charge in [-0.2, -0.15) is 5.10 Å². The highest BCUT2D eigenvalue weighted by molar-refractivity contribution is 7.90. The summed E-state index contributed by atoms with van der Waals surface area (Å²) in [6.07, 6.45) is 3.49.